The maximum atomic E-state index is 13.5. The number of aromatic nitrogens is 1. The third-order valence-electron chi connectivity index (χ3n) is 6.26. The summed E-state index contributed by atoms with van der Waals surface area (Å²) in [4.78, 5) is 25.4. The molecule has 0 atom stereocenters. The largest absolute Gasteiger partial charge is 0.430 e. The molecule has 1 heterocycles. The zero-order chi connectivity index (χ0) is 25.8. The Balaban J connectivity index is 1.98. The fraction of sp³-hybridized carbons (Fsp3) is 0.417. The van der Waals surface area contributed by atoms with Crippen molar-refractivity contribution in [3.63, 3.8) is 0 Å². The topological polar surface area (TPSA) is 71.3 Å². The van der Waals surface area contributed by atoms with E-state index in [0.717, 1.165) is 18.9 Å². The SMILES string of the molecule is CCCCn1c(=O)c2cc(NC(=O)C3CC3)ccc2c2cc(C(O)(C(F)(F)F)C(F)(F)F)ccc21. The van der Waals surface area contributed by atoms with E-state index < -0.39 is 29.1 Å². The number of fused-ring (bicyclic) bond motifs is 3. The van der Waals surface area contributed by atoms with Gasteiger partial charge in [-0.3, -0.25) is 9.59 Å². The molecule has 0 unspecified atom stereocenters. The number of hydrogen-bond donors (Lipinski definition) is 2. The van der Waals surface area contributed by atoms with Crippen LogP contribution in [0.5, 0.6) is 0 Å². The molecule has 1 aromatic heterocycles. The number of amides is 1. The maximum absolute atomic E-state index is 13.5. The third-order valence-corrected chi connectivity index (χ3v) is 6.26. The van der Waals surface area contributed by atoms with E-state index in [1.807, 2.05) is 6.92 Å². The quantitative estimate of drug-likeness (QED) is 0.341. The molecule has 0 bridgehead atoms. The highest BCUT2D eigenvalue weighted by atomic mass is 19.4. The minimum absolute atomic E-state index is 0.0295. The van der Waals surface area contributed by atoms with Gasteiger partial charge in [0.1, 0.15) is 0 Å². The van der Waals surface area contributed by atoms with Crippen LogP contribution in [-0.4, -0.2) is 27.9 Å². The second-order valence-electron chi connectivity index (χ2n) is 8.77. The lowest BCUT2D eigenvalue weighted by Crippen LogP contribution is -2.53. The standard InChI is InChI=1S/C24H22F6N2O3/c1-2-3-10-32-19-9-6-14(22(35,23(25,26)27)24(28,29)30)11-17(19)16-8-7-15(12-18(16)21(32)34)31-20(33)13-4-5-13/h6-9,11-13,35H,2-5,10H2,1H3,(H,31,33). The number of carbonyl (C=O) groups excluding carboxylic acids is 1. The molecule has 1 saturated carbocycles. The fourth-order valence-corrected chi connectivity index (χ4v) is 4.12. The van der Waals surface area contributed by atoms with Crippen LogP contribution >= 0.6 is 0 Å². The number of aliphatic hydroxyl groups is 1. The number of halogens is 6. The van der Waals surface area contributed by atoms with Gasteiger partial charge in [0.2, 0.25) is 5.91 Å². The van der Waals surface area contributed by atoms with Gasteiger partial charge in [0.15, 0.2) is 0 Å². The van der Waals surface area contributed by atoms with Crippen LogP contribution in [0.15, 0.2) is 41.2 Å². The molecular weight excluding hydrogens is 478 g/mol. The molecule has 2 aromatic carbocycles. The molecule has 0 aliphatic heterocycles. The van der Waals surface area contributed by atoms with Crippen LogP contribution in [0.2, 0.25) is 0 Å². The number of anilines is 1. The van der Waals surface area contributed by atoms with E-state index in [4.69, 9.17) is 0 Å². The summed E-state index contributed by atoms with van der Waals surface area (Å²) in [7, 11) is 0. The molecule has 11 heteroatoms. The van der Waals surface area contributed by atoms with Gasteiger partial charge >= 0.3 is 12.4 Å². The molecule has 3 aromatic rings. The predicted molar refractivity (Wildman–Crippen MR) is 118 cm³/mol. The molecule has 4 rings (SSSR count). The monoisotopic (exact) mass is 500 g/mol. The summed E-state index contributed by atoms with van der Waals surface area (Å²) in [6, 6.07) is 6.34. The lowest BCUT2D eigenvalue weighted by atomic mass is 9.90. The average Bonchev–Trinajstić information content (AvgIpc) is 3.62. The van der Waals surface area contributed by atoms with Gasteiger partial charge in [0, 0.05) is 34.5 Å². The summed E-state index contributed by atoms with van der Waals surface area (Å²) < 4.78 is 82.2. The first-order chi connectivity index (χ1) is 16.3. The molecule has 5 nitrogen and oxygen atoms in total. The first-order valence-electron chi connectivity index (χ1n) is 11.1. The molecule has 188 valence electrons. The van der Waals surface area contributed by atoms with Gasteiger partial charge in [-0.15, -0.1) is 0 Å². The van der Waals surface area contributed by atoms with Gasteiger partial charge in [0.25, 0.3) is 11.2 Å². The fourth-order valence-electron chi connectivity index (χ4n) is 4.12. The maximum Gasteiger partial charge on any atom is 0.430 e. The molecule has 0 spiro atoms. The summed E-state index contributed by atoms with van der Waals surface area (Å²) in [5, 5.41) is 12.7. The van der Waals surface area contributed by atoms with Crippen LogP contribution in [0.4, 0.5) is 32.0 Å². The van der Waals surface area contributed by atoms with Gasteiger partial charge in [-0.25, -0.2) is 0 Å². The van der Waals surface area contributed by atoms with Crippen molar-refractivity contribution in [2.75, 3.05) is 5.32 Å². The number of carbonyl (C=O) groups is 1. The Morgan fingerprint density at radius 3 is 2.23 bits per heavy atom. The third kappa shape index (κ3) is 4.26. The summed E-state index contributed by atoms with van der Waals surface area (Å²) >= 11 is 0. The van der Waals surface area contributed by atoms with E-state index >= 15 is 0 Å². The van der Waals surface area contributed by atoms with Crippen LogP contribution in [-0.2, 0) is 16.9 Å². The first-order valence-corrected chi connectivity index (χ1v) is 11.1. The number of nitrogens with zero attached hydrogens (tertiary/aromatic N) is 1. The van der Waals surface area contributed by atoms with Crippen LogP contribution in [0.1, 0.15) is 38.2 Å². The van der Waals surface area contributed by atoms with E-state index in [9.17, 15) is 41.0 Å². The smallest absolute Gasteiger partial charge is 0.369 e. The Hall–Kier alpha value is -3.08. The highest BCUT2D eigenvalue weighted by Crippen LogP contribution is 2.50. The summed E-state index contributed by atoms with van der Waals surface area (Å²) in [5.74, 6) is -0.340. The first kappa shape index (κ1) is 25.0. The van der Waals surface area contributed by atoms with E-state index in [1.54, 1.807) is 0 Å². The predicted octanol–water partition coefficient (Wildman–Crippen LogP) is 5.62. The van der Waals surface area contributed by atoms with E-state index in [1.165, 1.54) is 22.8 Å². The van der Waals surface area contributed by atoms with Crippen molar-refractivity contribution in [1.29, 1.82) is 0 Å². The van der Waals surface area contributed by atoms with E-state index in [-0.39, 0.29) is 40.0 Å². The van der Waals surface area contributed by atoms with Crippen LogP contribution in [0, 0.1) is 5.92 Å². The minimum Gasteiger partial charge on any atom is -0.369 e. The molecular formula is C24H22F6N2O3. The highest BCUT2D eigenvalue weighted by molar-refractivity contribution is 6.07. The number of rotatable bonds is 6. The van der Waals surface area contributed by atoms with Crippen molar-refractivity contribution in [2.24, 2.45) is 5.92 Å². The van der Waals surface area contributed by atoms with Gasteiger partial charge < -0.3 is 15.0 Å². The van der Waals surface area contributed by atoms with Crippen LogP contribution in [0.25, 0.3) is 21.7 Å². The van der Waals surface area contributed by atoms with Crippen molar-refractivity contribution in [2.45, 2.75) is 57.1 Å². The summed E-state index contributed by atoms with van der Waals surface area (Å²) in [6.45, 7) is 2.05. The molecule has 1 aliphatic carbocycles. The molecule has 1 amide bonds. The Morgan fingerprint density at radius 1 is 1.00 bits per heavy atom. The van der Waals surface area contributed by atoms with Crippen LogP contribution < -0.4 is 10.9 Å². The Morgan fingerprint density at radius 2 is 1.66 bits per heavy atom. The number of unbranched alkanes of at least 4 members (excludes halogenated alkanes) is 1. The average molecular weight is 500 g/mol. The molecule has 35 heavy (non-hydrogen) atoms. The van der Waals surface area contributed by atoms with Crippen LogP contribution in [0.3, 0.4) is 0 Å². The number of benzene rings is 2. The number of pyridine rings is 1. The lowest BCUT2D eigenvalue weighted by Gasteiger charge is -2.33. The second-order valence-corrected chi connectivity index (χ2v) is 8.77. The van der Waals surface area contributed by atoms with Gasteiger partial charge in [0.05, 0.1) is 5.52 Å². The number of aryl methyl sites for hydroxylation is 1. The van der Waals surface area contributed by atoms with Gasteiger partial charge in [-0.2, -0.15) is 26.3 Å². The highest BCUT2D eigenvalue weighted by Gasteiger charge is 2.71. The van der Waals surface area contributed by atoms with E-state index in [0.29, 0.717) is 30.7 Å². The molecule has 1 aliphatic rings. The van der Waals surface area contributed by atoms with Gasteiger partial charge in [-0.1, -0.05) is 25.5 Å². The Bertz CT molecular complexity index is 1340. The molecule has 2 N–H and O–H groups in total. The van der Waals surface area contributed by atoms with Crippen molar-refractivity contribution in [3.05, 3.63) is 52.3 Å². The number of nitrogens with one attached hydrogen (secondary N) is 1. The van der Waals surface area contributed by atoms with Crippen molar-refractivity contribution in [3.8, 4) is 0 Å². The molecule has 0 radical (unpaired) electrons. The van der Waals surface area contributed by atoms with Crippen molar-refractivity contribution in [1.82, 2.24) is 4.57 Å². The normalized spacial score (nSPS) is 15.1. The minimum atomic E-state index is -6.04. The number of hydrogen-bond acceptors (Lipinski definition) is 3. The van der Waals surface area contributed by atoms with Gasteiger partial charge in [-0.05, 0) is 48.9 Å². The zero-order valence-electron chi connectivity index (χ0n) is 18.6. The second kappa shape index (κ2) is 8.54. The van der Waals surface area contributed by atoms with E-state index in [2.05, 4.69) is 5.32 Å². The number of alkyl halides is 6. The molecule has 0 saturated heterocycles. The summed E-state index contributed by atoms with van der Waals surface area (Å²) in [6.07, 6.45) is -9.36. The van der Waals surface area contributed by atoms with Crippen molar-refractivity contribution < 1.29 is 36.2 Å². The van der Waals surface area contributed by atoms with Crippen molar-refractivity contribution >= 4 is 33.3 Å². The Labute approximate surface area is 195 Å². The Kier molecular flexibility index (Phi) is 6.11. The summed E-state index contributed by atoms with van der Waals surface area (Å²) in [5.41, 5.74) is -6.55. The lowest BCUT2D eigenvalue weighted by molar-refractivity contribution is -0.376. The zero-order valence-corrected chi connectivity index (χ0v) is 18.6. The molecule has 1 fully saturated rings.